The Bertz CT molecular complexity index is 662. The molecule has 0 aliphatic carbocycles. The van der Waals surface area contributed by atoms with Crippen molar-refractivity contribution in [2.24, 2.45) is 0 Å². The van der Waals surface area contributed by atoms with Gasteiger partial charge in [-0.05, 0) is 49.0 Å². The number of hydrogen-bond acceptors (Lipinski definition) is 5. The van der Waals surface area contributed by atoms with E-state index < -0.39 is 10.0 Å². The van der Waals surface area contributed by atoms with E-state index in [2.05, 4.69) is 26.1 Å². The predicted molar refractivity (Wildman–Crippen MR) is 108 cm³/mol. The normalized spacial score (nSPS) is 16.8. The summed E-state index contributed by atoms with van der Waals surface area (Å²) in [6.45, 7) is 9.74. The van der Waals surface area contributed by atoms with Crippen LogP contribution in [0.3, 0.4) is 0 Å². The van der Waals surface area contributed by atoms with Gasteiger partial charge in [-0.25, -0.2) is 8.42 Å². The lowest BCUT2D eigenvalue weighted by Gasteiger charge is -2.33. The maximum Gasteiger partial charge on any atom is 0.243 e. The van der Waals surface area contributed by atoms with Crippen LogP contribution in [0.15, 0.2) is 29.2 Å². The van der Waals surface area contributed by atoms with Gasteiger partial charge in [0.05, 0.1) is 24.7 Å². The number of nitrogens with one attached hydrogen (secondary N) is 1. The maximum absolute atomic E-state index is 13.3. The van der Waals surface area contributed by atoms with E-state index in [-0.39, 0.29) is 11.5 Å². The van der Waals surface area contributed by atoms with Crippen molar-refractivity contribution < 1.29 is 17.9 Å². The van der Waals surface area contributed by atoms with E-state index in [4.69, 9.17) is 9.47 Å². The van der Waals surface area contributed by atoms with Crippen molar-refractivity contribution in [2.45, 2.75) is 50.0 Å². The highest BCUT2D eigenvalue weighted by Crippen LogP contribution is 2.26. The Morgan fingerprint density at radius 3 is 2.26 bits per heavy atom. The number of piperidine rings is 1. The van der Waals surface area contributed by atoms with Gasteiger partial charge in [-0.3, -0.25) is 0 Å². The standard InChI is InChI=1S/C20H34N2O4S/c1-20(2,3)17-5-7-19(8-6-17)27(23,24)22(13-14-26-16-15-25-4)18-9-11-21-12-10-18/h5-8,18,21H,9-16H2,1-4H3. The minimum absolute atomic E-state index is 0.00423. The lowest BCUT2D eigenvalue weighted by atomic mass is 9.87. The van der Waals surface area contributed by atoms with Crippen molar-refractivity contribution in [2.75, 3.05) is 46.6 Å². The minimum atomic E-state index is -3.56. The number of rotatable bonds is 9. The first-order valence-electron chi connectivity index (χ1n) is 9.66. The molecule has 0 saturated carbocycles. The fourth-order valence-corrected chi connectivity index (χ4v) is 4.92. The second-order valence-electron chi connectivity index (χ2n) is 7.98. The van der Waals surface area contributed by atoms with Crippen molar-refractivity contribution in [3.8, 4) is 0 Å². The molecule has 0 unspecified atom stereocenters. The summed E-state index contributed by atoms with van der Waals surface area (Å²) in [5.74, 6) is 0. The summed E-state index contributed by atoms with van der Waals surface area (Å²) in [6, 6.07) is 7.31. The molecule has 2 rings (SSSR count). The van der Waals surface area contributed by atoms with E-state index in [1.165, 1.54) is 0 Å². The fourth-order valence-electron chi connectivity index (χ4n) is 3.25. The van der Waals surface area contributed by atoms with Crippen molar-refractivity contribution in [1.82, 2.24) is 9.62 Å². The average molecular weight is 399 g/mol. The largest absolute Gasteiger partial charge is 0.382 e. The number of nitrogens with zero attached hydrogens (tertiary/aromatic N) is 1. The molecule has 7 heteroatoms. The first-order chi connectivity index (χ1) is 12.8. The summed E-state index contributed by atoms with van der Waals surface area (Å²) in [5, 5.41) is 3.30. The quantitative estimate of drug-likeness (QED) is 0.647. The maximum atomic E-state index is 13.3. The van der Waals surface area contributed by atoms with Crippen LogP contribution in [-0.4, -0.2) is 65.3 Å². The smallest absolute Gasteiger partial charge is 0.243 e. The zero-order valence-corrected chi connectivity index (χ0v) is 17.8. The van der Waals surface area contributed by atoms with Gasteiger partial charge < -0.3 is 14.8 Å². The molecule has 1 heterocycles. The third-order valence-electron chi connectivity index (χ3n) is 4.93. The summed E-state index contributed by atoms with van der Waals surface area (Å²) in [6.07, 6.45) is 1.63. The van der Waals surface area contributed by atoms with Crippen molar-refractivity contribution >= 4 is 10.0 Å². The molecule has 1 fully saturated rings. The summed E-state index contributed by atoms with van der Waals surface area (Å²) in [4.78, 5) is 0.353. The molecule has 1 N–H and O–H groups in total. The summed E-state index contributed by atoms with van der Waals surface area (Å²) < 4.78 is 38.8. The fraction of sp³-hybridized carbons (Fsp3) is 0.700. The molecule has 1 aliphatic rings. The molecule has 0 bridgehead atoms. The van der Waals surface area contributed by atoms with Gasteiger partial charge in [0.25, 0.3) is 0 Å². The van der Waals surface area contributed by atoms with Gasteiger partial charge >= 0.3 is 0 Å². The number of hydrogen-bond donors (Lipinski definition) is 1. The first kappa shape index (κ1) is 22.3. The zero-order chi connectivity index (χ0) is 19.9. The van der Waals surface area contributed by atoms with Crippen LogP contribution < -0.4 is 5.32 Å². The number of ether oxygens (including phenoxy) is 2. The minimum Gasteiger partial charge on any atom is -0.382 e. The highest BCUT2D eigenvalue weighted by Gasteiger charge is 2.32. The molecule has 6 nitrogen and oxygen atoms in total. The number of benzene rings is 1. The highest BCUT2D eigenvalue weighted by atomic mass is 32.2. The van der Waals surface area contributed by atoms with Crippen LogP contribution in [0, 0.1) is 0 Å². The van der Waals surface area contributed by atoms with Gasteiger partial charge in [-0.15, -0.1) is 0 Å². The molecule has 0 atom stereocenters. The monoisotopic (exact) mass is 398 g/mol. The van der Waals surface area contributed by atoms with Gasteiger partial charge in [0, 0.05) is 19.7 Å². The van der Waals surface area contributed by atoms with E-state index in [1.807, 2.05) is 12.1 Å². The molecule has 27 heavy (non-hydrogen) atoms. The van der Waals surface area contributed by atoms with Gasteiger partial charge in [-0.1, -0.05) is 32.9 Å². The van der Waals surface area contributed by atoms with Crippen LogP contribution in [-0.2, 0) is 24.9 Å². The van der Waals surface area contributed by atoms with E-state index in [0.717, 1.165) is 31.5 Å². The van der Waals surface area contributed by atoms with E-state index in [1.54, 1.807) is 23.5 Å². The molecule has 0 spiro atoms. The highest BCUT2D eigenvalue weighted by molar-refractivity contribution is 7.89. The molecule has 1 saturated heterocycles. The zero-order valence-electron chi connectivity index (χ0n) is 17.0. The molecular weight excluding hydrogens is 364 g/mol. The first-order valence-corrected chi connectivity index (χ1v) is 11.1. The Balaban J connectivity index is 2.18. The molecule has 0 radical (unpaired) electrons. The number of methoxy groups -OCH3 is 1. The molecule has 0 amide bonds. The van der Waals surface area contributed by atoms with Crippen molar-refractivity contribution in [3.63, 3.8) is 0 Å². The third kappa shape index (κ3) is 6.26. The topological polar surface area (TPSA) is 67.9 Å². The molecule has 1 aromatic carbocycles. The van der Waals surface area contributed by atoms with Gasteiger partial charge in [0.15, 0.2) is 0 Å². The van der Waals surface area contributed by atoms with E-state index in [9.17, 15) is 8.42 Å². The Kier molecular flexibility index (Phi) is 8.24. The lowest BCUT2D eigenvalue weighted by Crippen LogP contribution is -2.47. The van der Waals surface area contributed by atoms with Gasteiger partial charge in [0.2, 0.25) is 10.0 Å². The Morgan fingerprint density at radius 2 is 1.70 bits per heavy atom. The van der Waals surface area contributed by atoms with Gasteiger partial charge in [0.1, 0.15) is 0 Å². The second kappa shape index (κ2) is 9.98. The van der Waals surface area contributed by atoms with Crippen molar-refractivity contribution in [3.05, 3.63) is 29.8 Å². The van der Waals surface area contributed by atoms with E-state index >= 15 is 0 Å². The van der Waals surface area contributed by atoms with Crippen LogP contribution >= 0.6 is 0 Å². The molecule has 1 aliphatic heterocycles. The SMILES string of the molecule is COCCOCCN(C1CCNCC1)S(=O)(=O)c1ccc(C(C)(C)C)cc1. The average Bonchev–Trinajstić information content (AvgIpc) is 2.64. The Labute approximate surface area is 164 Å². The molecule has 154 valence electrons. The Hall–Kier alpha value is -0.990. The van der Waals surface area contributed by atoms with Crippen LogP contribution in [0.2, 0.25) is 0 Å². The van der Waals surface area contributed by atoms with Crippen LogP contribution in [0.5, 0.6) is 0 Å². The van der Waals surface area contributed by atoms with Crippen LogP contribution in [0.1, 0.15) is 39.2 Å². The second-order valence-corrected chi connectivity index (χ2v) is 9.87. The molecular formula is C20H34N2O4S. The number of sulfonamides is 1. The summed E-state index contributed by atoms with van der Waals surface area (Å²) in [7, 11) is -1.94. The molecule has 1 aromatic rings. The third-order valence-corrected chi connectivity index (χ3v) is 6.90. The predicted octanol–water partition coefficient (Wildman–Crippen LogP) is 2.39. The van der Waals surface area contributed by atoms with E-state index in [0.29, 0.717) is 31.3 Å². The van der Waals surface area contributed by atoms with Gasteiger partial charge in [-0.2, -0.15) is 4.31 Å². The molecule has 0 aromatic heterocycles. The summed E-state index contributed by atoms with van der Waals surface area (Å²) >= 11 is 0. The van der Waals surface area contributed by atoms with Crippen LogP contribution in [0.4, 0.5) is 0 Å². The lowest BCUT2D eigenvalue weighted by molar-refractivity contribution is 0.0613. The van der Waals surface area contributed by atoms with Crippen LogP contribution in [0.25, 0.3) is 0 Å². The Morgan fingerprint density at radius 1 is 1.07 bits per heavy atom. The summed E-state index contributed by atoms with van der Waals surface area (Å²) in [5.41, 5.74) is 1.12. The van der Waals surface area contributed by atoms with Crippen molar-refractivity contribution in [1.29, 1.82) is 0 Å².